The number of nitrogens with zero attached hydrogens (tertiary/aromatic N) is 4. The van der Waals surface area contributed by atoms with Gasteiger partial charge >= 0.3 is 6.08 Å². The highest BCUT2D eigenvalue weighted by Gasteiger charge is 2.48. The molecule has 1 aliphatic rings. The van der Waals surface area contributed by atoms with Crippen molar-refractivity contribution in [2.75, 3.05) is 11.9 Å². The molecule has 40 heavy (non-hydrogen) atoms. The van der Waals surface area contributed by atoms with E-state index in [1.54, 1.807) is 4.57 Å². The zero-order valence-corrected chi connectivity index (χ0v) is 26.6. The van der Waals surface area contributed by atoms with E-state index in [1.165, 1.54) is 44.9 Å². The number of aliphatic hydroxyl groups is 1. The van der Waals surface area contributed by atoms with Gasteiger partial charge in [-0.1, -0.05) is 79.1 Å². The predicted molar refractivity (Wildman–Crippen MR) is 158 cm³/mol. The average Bonchev–Trinajstić information content (AvgIpc) is 3.42. The fraction of sp³-hybridized carbons (Fsp3) is 0.793. The number of rotatable bonds is 15. The number of unbranched alkanes of at least 4 members (excludes halogenated alkanes) is 8. The van der Waals surface area contributed by atoms with Crippen molar-refractivity contribution in [3.8, 4) is 0 Å². The molecule has 3 atom stereocenters. The van der Waals surface area contributed by atoms with E-state index in [0.717, 1.165) is 19.3 Å². The van der Waals surface area contributed by atoms with Crippen LogP contribution < -0.4 is 5.32 Å². The maximum Gasteiger partial charge on any atom is 0.312 e. The average molecular weight is 580 g/mol. The van der Waals surface area contributed by atoms with Crippen LogP contribution in [0.25, 0.3) is 11.2 Å². The molecule has 3 heterocycles. The van der Waals surface area contributed by atoms with Crippen LogP contribution in [-0.4, -0.2) is 57.2 Å². The van der Waals surface area contributed by atoms with Crippen molar-refractivity contribution in [2.45, 2.75) is 141 Å². The molecule has 0 aliphatic carbocycles. The second-order valence-corrected chi connectivity index (χ2v) is 17.8. The third kappa shape index (κ3) is 8.30. The minimum absolute atomic E-state index is 0.0238. The van der Waals surface area contributed by atoms with Crippen LogP contribution in [-0.2, 0) is 14.0 Å². The molecular weight excluding hydrogens is 529 g/mol. The standard InChI is InChI=1S/C29H50FN5O4Si/c1-8-9-10-11-12-13-14-15-16-17-22(37)32-25-24-26(34-27(30)33-25)35(20-31-24)23-18-21(36)29(5,39-23)19-38-40(6,7)28(2,3)4/h20-21,23,36H,8-19H2,1-7H3,(H,32,33,34,37)/t21-,23+,29+/m0/s1. The molecule has 1 aliphatic heterocycles. The topological polar surface area (TPSA) is 111 Å². The van der Waals surface area contributed by atoms with Gasteiger partial charge in [0.2, 0.25) is 5.91 Å². The van der Waals surface area contributed by atoms with Crippen LogP contribution in [0.3, 0.4) is 0 Å². The van der Waals surface area contributed by atoms with E-state index in [0.29, 0.717) is 6.42 Å². The summed E-state index contributed by atoms with van der Waals surface area (Å²) in [6, 6.07) is 0. The molecule has 1 amide bonds. The first kappa shape index (κ1) is 32.6. The number of carbonyl (C=O) groups excluding carboxylic acids is 1. The molecule has 2 N–H and O–H groups in total. The van der Waals surface area contributed by atoms with Gasteiger partial charge in [0.15, 0.2) is 25.3 Å². The summed E-state index contributed by atoms with van der Waals surface area (Å²) in [5.41, 5.74) is -0.446. The van der Waals surface area contributed by atoms with E-state index in [1.807, 2.05) is 6.92 Å². The van der Waals surface area contributed by atoms with Gasteiger partial charge in [-0.2, -0.15) is 14.4 Å². The molecule has 9 nitrogen and oxygen atoms in total. The quantitative estimate of drug-likeness (QED) is 0.134. The van der Waals surface area contributed by atoms with E-state index in [-0.39, 0.29) is 41.0 Å². The number of hydrogen-bond acceptors (Lipinski definition) is 7. The lowest BCUT2D eigenvalue weighted by atomic mass is 10.0. The molecule has 0 radical (unpaired) electrons. The minimum Gasteiger partial charge on any atom is -0.414 e. The number of fused-ring (bicyclic) bond motifs is 1. The summed E-state index contributed by atoms with van der Waals surface area (Å²) in [4.78, 5) is 24.7. The van der Waals surface area contributed by atoms with Crippen molar-refractivity contribution < 1.29 is 23.5 Å². The normalized spacial score (nSPS) is 21.8. The molecule has 3 rings (SSSR count). The van der Waals surface area contributed by atoms with Gasteiger partial charge in [-0.3, -0.25) is 9.36 Å². The van der Waals surface area contributed by atoms with Crippen LogP contribution in [0.2, 0.25) is 18.1 Å². The highest BCUT2D eigenvalue weighted by molar-refractivity contribution is 6.74. The van der Waals surface area contributed by atoms with E-state index >= 15 is 0 Å². The first-order valence-corrected chi connectivity index (χ1v) is 17.9. The molecule has 0 bridgehead atoms. The lowest BCUT2D eigenvalue weighted by Gasteiger charge is -2.39. The van der Waals surface area contributed by atoms with Gasteiger partial charge in [-0.15, -0.1) is 0 Å². The van der Waals surface area contributed by atoms with Gasteiger partial charge in [0.05, 0.1) is 19.0 Å². The molecule has 1 saturated heterocycles. The van der Waals surface area contributed by atoms with E-state index in [4.69, 9.17) is 9.16 Å². The van der Waals surface area contributed by atoms with Crippen molar-refractivity contribution in [3.63, 3.8) is 0 Å². The molecule has 11 heteroatoms. The maximum atomic E-state index is 14.5. The number of halogens is 1. The number of nitrogens with one attached hydrogen (secondary N) is 1. The Morgan fingerprint density at radius 2 is 1.80 bits per heavy atom. The summed E-state index contributed by atoms with van der Waals surface area (Å²) < 4.78 is 28.7. The number of amides is 1. The van der Waals surface area contributed by atoms with Crippen LogP contribution in [0.1, 0.15) is 111 Å². The molecule has 2 aromatic rings. The van der Waals surface area contributed by atoms with Gasteiger partial charge in [0.25, 0.3) is 0 Å². The molecule has 226 valence electrons. The van der Waals surface area contributed by atoms with Crippen molar-refractivity contribution in [1.29, 1.82) is 0 Å². The SMILES string of the molecule is CCCCCCCCCCCC(=O)Nc1nc(F)nc2c1ncn2[C@H]1C[C@H](O)[C@@](C)(CO[Si](C)(C)C(C)(C)C)O1. The van der Waals surface area contributed by atoms with Crippen molar-refractivity contribution in [1.82, 2.24) is 19.5 Å². The van der Waals surface area contributed by atoms with E-state index < -0.39 is 32.3 Å². The number of aliphatic hydroxyl groups excluding tert-OH is 1. The van der Waals surface area contributed by atoms with Gasteiger partial charge in [0, 0.05) is 12.8 Å². The maximum absolute atomic E-state index is 14.5. The van der Waals surface area contributed by atoms with E-state index in [2.05, 4.69) is 61.1 Å². The Hall–Kier alpha value is -1.95. The van der Waals surface area contributed by atoms with Gasteiger partial charge in [-0.25, -0.2) is 4.98 Å². The van der Waals surface area contributed by atoms with Gasteiger partial charge in [0.1, 0.15) is 11.8 Å². The summed E-state index contributed by atoms with van der Waals surface area (Å²) in [6.07, 6.45) is 10.2. The monoisotopic (exact) mass is 579 g/mol. The van der Waals surface area contributed by atoms with Gasteiger partial charge < -0.3 is 19.6 Å². The van der Waals surface area contributed by atoms with Crippen LogP contribution in [0.5, 0.6) is 0 Å². The Labute approximate surface area is 239 Å². The minimum atomic E-state index is -2.06. The van der Waals surface area contributed by atoms with Crippen LogP contribution >= 0.6 is 0 Å². The van der Waals surface area contributed by atoms with Gasteiger partial charge in [-0.05, 0) is 31.5 Å². The summed E-state index contributed by atoms with van der Waals surface area (Å²) in [5.74, 6) is -0.176. The number of ether oxygens (including phenoxy) is 1. The Balaban J connectivity index is 1.59. The summed E-state index contributed by atoms with van der Waals surface area (Å²) in [7, 11) is -2.06. The van der Waals surface area contributed by atoms with Crippen LogP contribution in [0, 0.1) is 6.08 Å². The first-order chi connectivity index (χ1) is 18.8. The Kier molecular flexibility index (Phi) is 11.2. The van der Waals surface area contributed by atoms with Crippen LogP contribution in [0.4, 0.5) is 10.2 Å². The number of carbonyl (C=O) groups is 1. The number of aromatic nitrogens is 4. The molecule has 0 aromatic carbocycles. The van der Waals surface area contributed by atoms with Crippen molar-refractivity contribution >= 4 is 31.2 Å². The molecular formula is C29H50FN5O4Si. The molecule has 0 spiro atoms. The van der Waals surface area contributed by atoms with Crippen LogP contribution in [0.15, 0.2) is 6.33 Å². The Morgan fingerprint density at radius 3 is 2.42 bits per heavy atom. The summed E-state index contributed by atoms with van der Waals surface area (Å²) >= 11 is 0. The summed E-state index contributed by atoms with van der Waals surface area (Å²) in [6.45, 7) is 15.1. The lowest BCUT2D eigenvalue weighted by Crippen LogP contribution is -2.48. The fourth-order valence-corrected chi connectivity index (χ4v) is 5.78. The molecule has 1 fully saturated rings. The highest BCUT2D eigenvalue weighted by atomic mass is 28.4. The van der Waals surface area contributed by atoms with Crippen molar-refractivity contribution in [2.24, 2.45) is 0 Å². The number of anilines is 1. The van der Waals surface area contributed by atoms with E-state index in [9.17, 15) is 14.3 Å². The first-order valence-electron chi connectivity index (χ1n) is 15.0. The Bertz CT molecular complexity index is 1120. The molecule has 2 aromatic heterocycles. The highest BCUT2D eigenvalue weighted by Crippen LogP contribution is 2.41. The zero-order chi connectivity index (χ0) is 29.6. The number of hydrogen-bond donors (Lipinski definition) is 2. The third-order valence-electron chi connectivity index (χ3n) is 8.53. The largest absolute Gasteiger partial charge is 0.414 e. The molecule has 0 saturated carbocycles. The lowest BCUT2D eigenvalue weighted by molar-refractivity contribution is -0.116. The second-order valence-electron chi connectivity index (χ2n) is 13.0. The Morgan fingerprint density at radius 1 is 1.18 bits per heavy atom. The number of imidazole rings is 1. The summed E-state index contributed by atoms with van der Waals surface area (Å²) in [5, 5.41) is 13.7. The zero-order valence-electron chi connectivity index (χ0n) is 25.6. The predicted octanol–water partition coefficient (Wildman–Crippen LogP) is 6.89. The molecule has 0 unspecified atom stereocenters. The van der Waals surface area contributed by atoms with Crippen molar-refractivity contribution in [3.05, 3.63) is 12.4 Å². The third-order valence-corrected chi connectivity index (χ3v) is 13.0. The fourth-order valence-electron chi connectivity index (χ4n) is 4.70. The second kappa shape index (κ2) is 13.8. The smallest absolute Gasteiger partial charge is 0.312 e.